The molecular weight excluding hydrogens is 578 g/mol. The van der Waals surface area contributed by atoms with Crippen LogP contribution in [0.4, 0.5) is 0 Å². The van der Waals surface area contributed by atoms with E-state index in [0.29, 0.717) is 5.75 Å². The second kappa shape index (κ2) is 12.3. The van der Waals surface area contributed by atoms with Crippen molar-refractivity contribution < 1.29 is 37.4 Å². The Morgan fingerprint density at radius 2 is 1.89 bits per heavy atom. The number of hydrogen-bond acceptors (Lipinski definition) is 10. The van der Waals surface area contributed by atoms with Crippen LogP contribution in [0.25, 0.3) is 0 Å². The van der Waals surface area contributed by atoms with Crippen molar-refractivity contribution >= 4 is 71.3 Å². The average molecular weight is 602 g/mol. The third-order valence-corrected chi connectivity index (χ3v) is 8.20. The minimum atomic E-state index is -3.59. The van der Waals surface area contributed by atoms with Crippen molar-refractivity contribution in [1.82, 2.24) is 4.90 Å². The molecule has 198 valence electrons. The van der Waals surface area contributed by atoms with Gasteiger partial charge in [-0.1, -0.05) is 59.9 Å². The van der Waals surface area contributed by atoms with Crippen LogP contribution < -0.4 is 4.74 Å². The number of carbonyl (C=O) groups excluding carboxylic acids is 2. The third-order valence-electron chi connectivity index (χ3n) is 4.76. The predicted octanol–water partition coefficient (Wildman–Crippen LogP) is 5.09. The summed E-state index contributed by atoms with van der Waals surface area (Å²) in [4.78, 5) is 31.3. The molecular formula is C21H24Cl3N2O8PS. The number of rotatable bonds is 11. The highest BCUT2D eigenvalue weighted by Gasteiger charge is 2.56. The number of esters is 1. The van der Waals surface area contributed by atoms with E-state index in [0.717, 1.165) is 16.7 Å². The second-order valence-electron chi connectivity index (χ2n) is 7.31. The maximum atomic E-state index is 13.0. The molecule has 1 fully saturated rings. The summed E-state index contributed by atoms with van der Waals surface area (Å²) < 4.78 is 38.0. The van der Waals surface area contributed by atoms with Crippen LogP contribution in [0.5, 0.6) is 5.75 Å². The fraction of sp³-hybridized carbons (Fsp3) is 0.476. The zero-order valence-electron chi connectivity index (χ0n) is 19.5. The highest BCUT2D eigenvalue weighted by molar-refractivity contribution is 8.14. The number of nitrogens with zero attached hydrogens (tertiary/aromatic N) is 2. The summed E-state index contributed by atoms with van der Waals surface area (Å²) in [6.07, 6.45) is 0.0337. The van der Waals surface area contributed by atoms with E-state index in [-0.39, 0.29) is 36.2 Å². The minimum Gasteiger partial charge on any atom is -0.457 e. The summed E-state index contributed by atoms with van der Waals surface area (Å²) in [5.74, 6) is -1.06. The third kappa shape index (κ3) is 7.24. The Morgan fingerprint density at radius 1 is 1.19 bits per heavy atom. The van der Waals surface area contributed by atoms with E-state index < -0.39 is 41.3 Å². The van der Waals surface area contributed by atoms with Gasteiger partial charge in [-0.25, -0.2) is 14.4 Å². The molecule has 15 heteroatoms. The second-order valence-corrected chi connectivity index (χ2v) is 13.2. The molecule has 1 aromatic rings. The Hall–Kier alpha value is -1.62. The van der Waals surface area contributed by atoms with Gasteiger partial charge in [-0.3, -0.25) is 9.69 Å². The summed E-state index contributed by atoms with van der Waals surface area (Å²) in [7, 11) is -3.59. The fourth-order valence-electron chi connectivity index (χ4n) is 3.16. The number of alkyl halides is 3. The van der Waals surface area contributed by atoms with Gasteiger partial charge in [-0.15, -0.1) is 0 Å². The number of para-hydroxylation sites is 1. The fourth-order valence-corrected chi connectivity index (χ4v) is 5.71. The first-order chi connectivity index (χ1) is 17.0. The summed E-state index contributed by atoms with van der Waals surface area (Å²) in [6, 6.07) is 8.22. The van der Waals surface area contributed by atoms with Crippen molar-refractivity contribution in [2.75, 3.05) is 26.2 Å². The number of ether oxygens (including phenoxy) is 3. The van der Waals surface area contributed by atoms with E-state index in [9.17, 15) is 14.2 Å². The Bertz CT molecular complexity index is 1080. The molecule has 2 aliphatic heterocycles. The van der Waals surface area contributed by atoms with Crippen molar-refractivity contribution in [1.29, 1.82) is 0 Å². The van der Waals surface area contributed by atoms with Gasteiger partial charge in [0.15, 0.2) is 11.7 Å². The predicted molar refractivity (Wildman–Crippen MR) is 137 cm³/mol. The molecule has 0 saturated carbocycles. The van der Waals surface area contributed by atoms with Crippen LogP contribution in [0.1, 0.15) is 20.8 Å². The number of thioether (sulfide) groups is 1. The van der Waals surface area contributed by atoms with Gasteiger partial charge in [0.1, 0.15) is 23.5 Å². The largest absolute Gasteiger partial charge is 0.457 e. The molecule has 0 aliphatic carbocycles. The molecule has 1 amide bonds. The molecule has 36 heavy (non-hydrogen) atoms. The minimum absolute atomic E-state index is 0.0337. The highest BCUT2D eigenvalue weighted by atomic mass is 35.6. The van der Waals surface area contributed by atoms with E-state index in [2.05, 4.69) is 4.99 Å². The number of fused-ring (bicyclic) bond motifs is 1. The number of likely N-dealkylation sites (tertiary alicyclic amines) is 1. The first-order valence-electron chi connectivity index (χ1n) is 10.7. The molecule has 0 bridgehead atoms. The van der Waals surface area contributed by atoms with Gasteiger partial charge in [0.25, 0.3) is 11.1 Å². The lowest BCUT2D eigenvalue weighted by molar-refractivity contribution is -0.150. The van der Waals surface area contributed by atoms with Crippen LogP contribution >= 0.6 is 54.2 Å². The molecule has 1 aromatic carbocycles. The molecule has 1 saturated heterocycles. The van der Waals surface area contributed by atoms with Crippen LogP contribution in [0, 0.1) is 0 Å². The molecule has 0 N–H and O–H groups in total. The number of hydrogen-bond donors (Lipinski definition) is 0. The van der Waals surface area contributed by atoms with Crippen molar-refractivity contribution in [3.05, 3.63) is 41.8 Å². The van der Waals surface area contributed by atoms with E-state index in [1.165, 1.54) is 6.92 Å². The number of benzene rings is 1. The topological polar surface area (TPSA) is 113 Å². The number of carbonyl (C=O) groups is 2. The Morgan fingerprint density at radius 3 is 2.50 bits per heavy atom. The number of β-lactam (4-membered cyclic amide) rings is 1. The maximum absolute atomic E-state index is 13.0. The van der Waals surface area contributed by atoms with Gasteiger partial charge >= 0.3 is 13.6 Å². The zero-order valence-corrected chi connectivity index (χ0v) is 23.5. The van der Waals surface area contributed by atoms with E-state index in [1.54, 1.807) is 26.0 Å². The van der Waals surface area contributed by atoms with Gasteiger partial charge in [-0.2, -0.15) is 0 Å². The number of halogens is 3. The number of amides is 1. The molecule has 2 aliphatic rings. The molecule has 3 rings (SSSR count). The molecule has 2 heterocycles. The van der Waals surface area contributed by atoms with Crippen molar-refractivity contribution in [3.63, 3.8) is 0 Å². The monoisotopic (exact) mass is 600 g/mol. The van der Waals surface area contributed by atoms with Gasteiger partial charge in [-0.05, 0) is 37.7 Å². The van der Waals surface area contributed by atoms with Crippen LogP contribution in [0.3, 0.4) is 0 Å². The summed E-state index contributed by atoms with van der Waals surface area (Å²) in [5.41, 5.74) is -0.298. The van der Waals surface area contributed by atoms with Crippen molar-refractivity contribution in [2.45, 2.75) is 36.0 Å². The van der Waals surface area contributed by atoms with Gasteiger partial charge < -0.3 is 23.3 Å². The van der Waals surface area contributed by atoms with Crippen LogP contribution in [-0.2, 0) is 32.7 Å². The van der Waals surface area contributed by atoms with Crippen molar-refractivity contribution in [3.8, 4) is 5.75 Å². The molecule has 3 unspecified atom stereocenters. The first kappa shape index (κ1) is 28.9. The van der Waals surface area contributed by atoms with Gasteiger partial charge in [0.2, 0.25) is 10.6 Å². The lowest BCUT2D eigenvalue weighted by Gasteiger charge is -2.41. The maximum Gasteiger partial charge on any atom is 0.378 e. The van der Waals surface area contributed by atoms with Crippen LogP contribution in [0.15, 0.2) is 46.8 Å². The van der Waals surface area contributed by atoms with Crippen molar-refractivity contribution in [2.24, 2.45) is 4.99 Å². The normalized spacial score (nSPS) is 21.4. The Labute approximate surface area is 227 Å². The summed E-state index contributed by atoms with van der Waals surface area (Å²) in [6.45, 7) is 4.04. The van der Waals surface area contributed by atoms with Gasteiger partial charge in [0, 0.05) is 0 Å². The number of aliphatic imine (C=N–C) groups is 1. The summed E-state index contributed by atoms with van der Waals surface area (Å²) >= 11 is 18.2. The first-order valence-corrected chi connectivity index (χ1v) is 14.5. The van der Waals surface area contributed by atoms with E-state index in [1.807, 2.05) is 18.2 Å². The Kier molecular flexibility index (Phi) is 9.87. The van der Waals surface area contributed by atoms with E-state index >= 15 is 0 Å². The zero-order chi connectivity index (χ0) is 26.5. The molecule has 0 radical (unpaired) electrons. The molecule has 3 atom stereocenters. The van der Waals surface area contributed by atoms with Gasteiger partial charge in [0.05, 0.1) is 12.8 Å². The average Bonchev–Trinajstić information content (AvgIpc) is 3.20. The van der Waals surface area contributed by atoms with Crippen LogP contribution in [-0.4, -0.2) is 63.4 Å². The standard InChI is InChI=1S/C21H24Cl3N2O8PS/c1-4-33-35(29,5-2)34-13(3)16(19(28)30-11-21(22,23)24)26-17(27)15-18(26)36-20(25-15)32-12-31-14-9-7-6-8-10-14/h6-10,15,18H,4-5,11-12H2,1-3H3. The van der Waals surface area contributed by atoms with E-state index in [4.69, 9.17) is 58.1 Å². The quantitative estimate of drug-likeness (QED) is 0.0651. The van der Waals surface area contributed by atoms with Crippen LogP contribution in [0.2, 0.25) is 0 Å². The lowest BCUT2D eigenvalue weighted by Crippen LogP contribution is -2.61. The Balaban J connectivity index is 1.76. The SMILES string of the molecule is CCOP(=O)(CC)OC(C)=C(C(=O)OCC(Cl)(Cl)Cl)N1C(=O)C2N=C(OCOc3ccccc3)SC21. The smallest absolute Gasteiger partial charge is 0.378 e. The summed E-state index contributed by atoms with van der Waals surface area (Å²) in [5, 5.41) is -0.427. The molecule has 10 nitrogen and oxygen atoms in total. The number of allylic oxidation sites excluding steroid dienone is 1. The lowest BCUT2D eigenvalue weighted by atomic mass is 10.1. The molecule has 0 aromatic heterocycles. The molecule has 0 spiro atoms. The highest BCUT2D eigenvalue weighted by Crippen LogP contribution is 2.51.